The summed E-state index contributed by atoms with van der Waals surface area (Å²) in [5.74, 6) is 4.56. The van der Waals surface area contributed by atoms with Crippen molar-refractivity contribution in [1.29, 1.82) is 21.0 Å². The molecule has 40 N–H and O–H groups in total. The topological polar surface area (TPSA) is 673 Å². The molecular formula is C12H40B4N20O8S8. The standard InChI is InChI=1S/4CH2BNO2.8CH4N2S/c4*3-1-2(4)5;8*2-1(3)4/h4*4-5H;8*(H4,2,3,4). The van der Waals surface area contributed by atoms with Crippen molar-refractivity contribution in [1.82, 2.24) is 0 Å². The van der Waals surface area contributed by atoms with Crippen LogP contribution >= 0.6 is 97.7 Å². The Hall–Kier alpha value is -4.58. The molecule has 0 aromatic heterocycles. The van der Waals surface area contributed by atoms with Crippen LogP contribution in [0.5, 0.6) is 0 Å². The molecular weight excluding hydrogens is 852 g/mol. The zero-order valence-electron chi connectivity index (χ0n) is 26.2. The van der Waals surface area contributed by atoms with E-state index in [1.54, 1.807) is 0 Å². The number of nitrogens with zero attached hydrogens (tertiary/aromatic N) is 4. The minimum Gasteiger partial charge on any atom is -0.415 e. The quantitative estimate of drug-likeness (QED) is 0.0793. The van der Waals surface area contributed by atoms with Crippen LogP contribution in [0.1, 0.15) is 0 Å². The van der Waals surface area contributed by atoms with Crippen molar-refractivity contribution in [3.8, 4) is 23.9 Å². The summed E-state index contributed by atoms with van der Waals surface area (Å²) < 4.78 is 0. The molecule has 40 heteroatoms. The molecule has 0 saturated carbocycles. The lowest BCUT2D eigenvalue weighted by Gasteiger charge is -1.68. The fourth-order valence-corrected chi connectivity index (χ4v) is 0. The maximum absolute atomic E-state index is 7.56. The molecule has 0 aromatic carbocycles. The molecule has 0 saturated heterocycles. The molecule has 0 rings (SSSR count). The van der Waals surface area contributed by atoms with Crippen LogP contribution in [-0.2, 0) is 0 Å². The third kappa shape index (κ3) is 7660. The van der Waals surface area contributed by atoms with Gasteiger partial charge in [0.15, 0.2) is 40.9 Å². The minimum atomic E-state index is -1.81. The highest BCUT2D eigenvalue weighted by molar-refractivity contribution is 7.81. The van der Waals surface area contributed by atoms with Gasteiger partial charge in [0.25, 0.3) is 0 Å². The van der Waals surface area contributed by atoms with Crippen LogP contribution in [0.4, 0.5) is 0 Å². The van der Waals surface area contributed by atoms with E-state index in [9.17, 15) is 0 Å². The second-order valence-electron chi connectivity index (χ2n) is 5.23. The fraction of sp³-hybridized carbons (Fsp3) is 0. The average Bonchev–Trinajstić information content (AvgIpc) is 2.87. The molecule has 0 amide bonds. The first-order valence-electron chi connectivity index (χ1n) is 10.4. The van der Waals surface area contributed by atoms with E-state index in [0.717, 1.165) is 23.9 Å². The van der Waals surface area contributed by atoms with Crippen molar-refractivity contribution in [3.63, 3.8) is 0 Å². The molecule has 296 valence electrons. The molecule has 0 radical (unpaired) electrons. The molecule has 0 unspecified atom stereocenters. The maximum Gasteiger partial charge on any atom is 0.573 e. The molecule has 0 bridgehead atoms. The molecule has 28 nitrogen and oxygen atoms in total. The van der Waals surface area contributed by atoms with Crippen LogP contribution in [0.2, 0.25) is 0 Å². The van der Waals surface area contributed by atoms with Crippen molar-refractivity contribution >= 4 is 167 Å². The van der Waals surface area contributed by atoms with Gasteiger partial charge < -0.3 is 132 Å². The van der Waals surface area contributed by atoms with Gasteiger partial charge in [-0.15, -0.1) is 0 Å². The lowest BCUT2D eigenvalue weighted by molar-refractivity contribution is 0.425. The van der Waals surface area contributed by atoms with E-state index >= 15 is 0 Å². The van der Waals surface area contributed by atoms with Crippen LogP contribution in [0.25, 0.3) is 0 Å². The molecule has 0 aliphatic rings. The average molecular weight is 892 g/mol. The lowest BCUT2D eigenvalue weighted by Crippen LogP contribution is -2.18. The first-order chi connectivity index (χ1) is 22.9. The maximum atomic E-state index is 7.56. The predicted octanol–water partition coefficient (Wildman–Crippen LogP) is -12.4. The lowest BCUT2D eigenvalue weighted by atomic mass is 9.97. The van der Waals surface area contributed by atoms with Crippen molar-refractivity contribution in [2.75, 3.05) is 0 Å². The highest BCUT2D eigenvalue weighted by Gasteiger charge is 1.99. The molecule has 0 aliphatic heterocycles. The first-order valence-corrected chi connectivity index (χ1v) is 13.6. The number of nitriles is 4. The van der Waals surface area contributed by atoms with E-state index in [0.29, 0.717) is 0 Å². The van der Waals surface area contributed by atoms with Crippen molar-refractivity contribution in [3.05, 3.63) is 0 Å². The molecule has 0 aromatic rings. The van der Waals surface area contributed by atoms with E-state index in [1.165, 1.54) is 0 Å². The number of thiocarbonyl (C=S) groups is 8. The predicted molar refractivity (Wildman–Crippen MR) is 231 cm³/mol. The fourth-order valence-electron chi connectivity index (χ4n) is 0. The molecule has 0 heterocycles. The number of hydrogen-bond donors (Lipinski definition) is 24. The van der Waals surface area contributed by atoms with Gasteiger partial charge >= 0.3 is 28.5 Å². The number of rotatable bonds is 0. The molecule has 0 atom stereocenters. The zero-order valence-corrected chi connectivity index (χ0v) is 32.7. The number of hydrogen-bond acceptors (Lipinski definition) is 20. The van der Waals surface area contributed by atoms with Gasteiger partial charge in [0.2, 0.25) is 0 Å². The molecule has 52 heavy (non-hydrogen) atoms. The summed E-state index contributed by atoms with van der Waals surface area (Å²) in [7, 11) is -7.24. The van der Waals surface area contributed by atoms with Gasteiger partial charge in [-0.25, -0.2) is 21.0 Å². The normalized spacial score (nSPS) is 5.92. The molecule has 0 aliphatic carbocycles. The monoisotopic (exact) mass is 892 g/mol. The van der Waals surface area contributed by atoms with Crippen molar-refractivity contribution in [2.45, 2.75) is 0 Å². The summed E-state index contributed by atoms with van der Waals surface area (Å²) in [6, 6.07) is 0. The summed E-state index contributed by atoms with van der Waals surface area (Å²) in [5.41, 5.74) is 73.9. The second-order valence-corrected chi connectivity index (χ2v) is 9.00. The van der Waals surface area contributed by atoms with Crippen LogP contribution < -0.4 is 91.7 Å². The summed E-state index contributed by atoms with van der Waals surface area (Å²) in [5, 5.41) is 90.0. The molecule has 0 fully saturated rings. The van der Waals surface area contributed by atoms with Crippen LogP contribution in [0, 0.1) is 44.9 Å². The van der Waals surface area contributed by atoms with Crippen LogP contribution in [0.15, 0.2) is 0 Å². The largest absolute Gasteiger partial charge is 0.573 e. The van der Waals surface area contributed by atoms with Gasteiger partial charge in [0.05, 0.1) is 23.9 Å². The van der Waals surface area contributed by atoms with E-state index in [-0.39, 0.29) is 40.9 Å². The summed E-state index contributed by atoms with van der Waals surface area (Å²) in [6.07, 6.45) is 0. The smallest absolute Gasteiger partial charge is 0.415 e. The van der Waals surface area contributed by atoms with Gasteiger partial charge in [0, 0.05) is 0 Å². The van der Waals surface area contributed by atoms with E-state index in [1.807, 2.05) is 0 Å². The summed E-state index contributed by atoms with van der Waals surface area (Å²) in [4.78, 5) is 0. The summed E-state index contributed by atoms with van der Waals surface area (Å²) >= 11 is 32.7. The SMILES string of the molecule is N#CB(O)O.N#CB(O)O.N#CB(O)O.N#CB(O)O.NC(N)=S.NC(N)=S.NC(N)=S.NC(N)=S.NC(N)=S.NC(N)=S.NC(N)=S.NC(N)=S. The van der Waals surface area contributed by atoms with Crippen LogP contribution in [0.3, 0.4) is 0 Å². The Morgan fingerprint density at radius 3 is 0.288 bits per heavy atom. The highest BCUT2D eigenvalue weighted by atomic mass is 32.1. The third-order valence-corrected chi connectivity index (χ3v) is 0.462. The van der Waals surface area contributed by atoms with Crippen molar-refractivity contribution < 1.29 is 40.2 Å². The van der Waals surface area contributed by atoms with Crippen LogP contribution in [-0.4, -0.2) is 110 Å². The first kappa shape index (κ1) is 81.4. The molecule has 0 spiro atoms. The van der Waals surface area contributed by atoms with Gasteiger partial charge in [-0.2, -0.15) is 0 Å². The van der Waals surface area contributed by atoms with E-state index in [4.69, 9.17) is 61.2 Å². The summed E-state index contributed by atoms with van der Waals surface area (Å²) in [6.45, 7) is 0. The van der Waals surface area contributed by atoms with Gasteiger partial charge in [-0.3, -0.25) is 0 Å². The van der Waals surface area contributed by atoms with Gasteiger partial charge in [0.1, 0.15) is 0 Å². The Morgan fingerprint density at radius 1 is 0.269 bits per heavy atom. The Balaban J connectivity index is -0.0000000336. The second kappa shape index (κ2) is 76.3. The zero-order chi connectivity index (χ0) is 45.8. The number of nitrogens with two attached hydrogens (primary N) is 16. The van der Waals surface area contributed by atoms with Gasteiger partial charge in [-0.05, 0) is 97.7 Å². The minimum absolute atomic E-state index is 0.000000000000000222. The Bertz CT molecular complexity index is 859. The Kier molecular flexibility index (Phi) is 120. The van der Waals surface area contributed by atoms with E-state index < -0.39 is 28.5 Å². The Morgan fingerprint density at radius 2 is 0.288 bits per heavy atom. The van der Waals surface area contributed by atoms with E-state index in [2.05, 4.69) is 189 Å². The third-order valence-electron chi connectivity index (χ3n) is 0.462. The van der Waals surface area contributed by atoms with Gasteiger partial charge in [-0.1, -0.05) is 0 Å². The Labute approximate surface area is 342 Å². The highest BCUT2D eigenvalue weighted by Crippen LogP contribution is 1.53. The van der Waals surface area contributed by atoms with Crippen molar-refractivity contribution in [2.24, 2.45) is 91.7 Å².